The SMILES string of the molecule is C=CCNC(C)C(O)c1c(C)c(C)cc(C)c1C. The van der Waals surface area contributed by atoms with Crippen LogP contribution in [0.5, 0.6) is 0 Å². The number of aryl methyl sites for hydroxylation is 2. The fourth-order valence-electron chi connectivity index (χ4n) is 2.32. The summed E-state index contributed by atoms with van der Waals surface area (Å²) in [5.41, 5.74) is 5.93. The highest BCUT2D eigenvalue weighted by molar-refractivity contribution is 5.45. The lowest BCUT2D eigenvalue weighted by atomic mass is 9.88. The van der Waals surface area contributed by atoms with Crippen LogP contribution in [0.25, 0.3) is 0 Å². The van der Waals surface area contributed by atoms with Gasteiger partial charge >= 0.3 is 0 Å². The molecule has 1 rings (SSSR count). The Kier molecular flexibility index (Phi) is 5.12. The van der Waals surface area contributed by atoms with Crippen LogP contribution in [-0.4, -0.2) is 17.7 Å². The van der Waals surface area contributed by atoms with Gasteiger partial charge in [0.25, 0.3) is 0 Å². The number of hydrogen-bond acceptors (Lipinski definition) is 2. The van der Waals surface area contributed by atoms with Gasteiger partial charge in [-0.05, 0) is 62.4 Å². The molecule has 0 aliphatic heterocycles. The first-order valence-electron chi connectivity index (χ1n) is 6.49. The first-order chi connectivity index (χ1) is 8.40. The average Bonchev–Trinajstić information content (AvgIpc) is 2.33. The molecule has 0 heterocycles. The Balaban J connectivity index is 3.11. The molecule has 0 fully saturated rings. The highest BCUT2D eigenvalue weighted by atomic mass is 16.3. The molecule has 18 heavy (non-hydrogen) atoms. The van der Waals surface area contributed by atoms with E-state index in [4.69, 9.17) is 0 Å². The van der Waals surface area contributed by atoms with E-state index in [0.29, 0.717) is 6.54 Å². The van der Waals surface area contributed by atoms with Crippen LogP contribution < -0.4 is 5.32 Å². The average molecular weight is 247 g/mol. The molecule has 0 aliphatic carbocycles. The largest absolute Gasteiger partial charge is 0.387 e. The summed E-state index contributed by atoms with van der Waals surface area (Å²) in [7, 11) is 0. The molecule has 100 valence electrons. The molecule has 1 aromatic rings. The number of aliphatic hydroxyl groups excluding tert-OH is 1. The van der Waals surface area contributed by atoms with Crippen molar-refractivity contribution in [3.8, 4) is 0 Å². The van der Waals surface area contributed by atoms with Gasteiger partial charge in [0.15, 0.2) is 0 Å². The van der Waals surface area contributed by atoms with Crippen molar-refractivity contribution in [1.82, 2.24) is 5.32 Å². The Labute approximate surface area is 111 Å². The summed E-state index contributed by atoms with van der Waals surface area (Å²) in [6, 6.07) is 2.20. The van der Waals surface area contributed by atoms with Crippen LogP contribution in [0.2, 0.25) is 0 Å². The molecule has 0 saturated carbocycles. The van der Waals surface area contributed by atoms with Crippen molar-refractivity contribution >= 4 is 0 Å². The van der Waals surface area contributed by atoms with Crippen LogP contribution in [0.15, 0.2) is 18.7 Å². The molecule has 0 aromatic heterocycles. The standard InChI is InChI=1S/C16H25NO/c1-7-8-17-14(6)16(18)15-12(4)10(2)9-11(3)13(15)5/h7,9,14,16-18H,1,8H2,2-6H3. The summed E-state index contributed by atoms with van der Waals surface area (Å²) < 4.78 is 0. The zero-order valence-electron chi connectivity index (χ0n) is 12.2. The summed E-state index contributed by atoms with van der Waals surface area (Å²) >= 11 is 0. The Bertz CT molecular complexity index is 411. The van der Waals surface area contributed by atoms with E-state index in [1.807, 2.05) is 13.0 Å². The topological polar surface area (TPSA) is 32.3 Å². The molecule has 0 saturated heterocycles. The molecule has 2 atom stereocenters. The van der Waals surface area contributed by atoms with Gasteiger partial charge in [0.1, 0.15) is 0 Å². The first-order valence-corrected chi connectivity index (χ1v) is 6.49. The fraction of sp³-hybridized carbons (Fsp3) is 0.500. The second kappa shape index (κ2) is 6.17. The van der Waals surface area contributed by atoms with Gasteiger partial charge in [-0.1, -0.05) is 12.1 Å². The molecule has 2 unspecified atom stereocenters. The van der Waals surface area contributed by atoms with Gasteiger partial charge in [-0.2, -0.15) is 0 Å². The van der Waals surface area contributed by atoms with E-state index < -0.39 is 6.10 Å². The lowest BCUT2D eigenvalue weighted by Gasteiger charge is -2.25. The smallest absolute Gasteiger partial charge is 0.0945 e. The third kappa shape index (κ3) is 3.01. The lowest BCUT2D eigenvalue weighted by molar-refractivity contribution is 0.136. The van der Waals surface area contributed by atoms with E-state index in [-0.39, 0.29) is 6.04 Å². The molecule has 1 aromatic carbocycles. The highest BCUT2D eigenvalue weighted by Gasteiger charge is 2.21. The fourth-order valence-corrected chi connectivity index (χ4v) is 2.32. The van der Waals surface area contributed by atoms with Gasteiger partial charge in [0.2, 0.25) is 0 Å². The van der Waals surface area contributed by atoms with Crippen LogP contribution in [0.3, 0.4) is 0 Å². The van der Waals surface area contributed by atoms with Crippen molar-refractivity contribution in [2.45, 2.75) is 46.8 Å². The Hall–Kier alpha value is -1.12. The maximum atomic E-state index is 10.5. The molecular formula is C16H25NO. The first kappa shape index (κ1) is 14.9. The van der Waals surface area contributed by atoms with E-state index in [0.717, 1.165) is 5.56 Å². The Morgan fingerprint density at radius 2 is 1.72 bits per heavy atom. The van der Waals surface area contributed by atoms with Gasteiger partial charge in [0, 0.05) is 12.6 Å². The Morgan fingerprint density at radius 3 is 2.17 bits per heavy atom. The molecule has 0 aliphatic rings. The van der Waals surface area contributed by atoms with Crippen molar-refractivity contribution in [3.05, 3.63) is 46.5 Å². The molecule has 2 nitrogen and oxygen atoms in total. The molecule has 2 heteroatoms. The molecule has 0 spiro atoms. The summed E-state index contributed by atoms with van der Waals surface area (Å²) in [5.74, 6) is 0. The zero-order chi connectivity index (χ0) is 13.9. The highest BCUT2D eigenvalue weighted by Crippen LogP contribution is 2.29. The predicted octanol–water partition coefficient (Wildman–Crippen LogP) is 3.12. The zero-order valence-corrected chi connectivity index (χ0v) is 12.2. The predicted molar refractivity (Wildman–Crippen MR) is 78.0 cm³/mol. The summed E-state index contributed by atoms with van der Waals surface area (Å²) in [6.45, 7) is 14.8. The minimum Gasteiger partial charge on any atom is -0.387 e. The van der Waals surface area contributed by atoms with Crippen molar-refractivity contribution in [2.75, 3.05) is 6.54 Å². The monoisotopic (exact) mass is 247 g/mol. The second-order valence-corrected chi connectivity index (χ2v) is 5.10. The third-order valence-electron chi connectivity index (χ3n) is 3.78. The number of nitrogens with one attached hydrogen (secondary N) is 1. The van der Waals surface area contributed by atoms with Gasteiger partial charge in [-0.25, -0.2) is 0 Å². The van der Waals surface area contributed by atoms with Gasteiger partial charge < -0.3 is 10.4 Å². The van der Waals surface area contributed by atoms with Crippen LogP contribution in [-0.2, 0) is 0 Å². The summed E-state index contributed by atoms with van der Waals surface area (Å²) in [5, 5.41) is 13.8. The Morgan fingerprint density at radius 1 is 1.22 bits per heavy atom. The number of rotatable bonds is 5. The maximum absolute atomic E-state index is 10.5. The van der Waals surface area contributed by atoms with Crippen LogP contribution in [0.1, 0.15) is 40.8 Å². The van der Waals surface area contributed by atoms with Crippen molar-refractivity contribution < 1.29 is 5.11 Å². The third-order valence-corrected chi connectivity index (χ3v) is 3.78. The van der Waals surface area contributed by atoms with Crippen LogP contribution in [0, 0.1) is 27.7 Å². The van der Waals surface area contributed by atoms with Crippen LogP contribution in [0.4, 0.5) is 0 Å². The van der Waals surface area contributed by atoms with Gasteiger partial charge in [-0.15, -0.1) is 6.58 Å². The summed E-state index contributed by atoms with van der Waals surface area (Å²) in [4.78, 5) is 0. The van der Waals surface area contributed by atoms with Crippen LogP contribution >= 0.6 is 0 Å². The number of aliphatic hydroxyl groups is 1. The van der Waals surface area contributed by atoms with E-state index in [1.54, 1.807) is 0 Å². The molecule has 0 amide bonds. The van der Waals surface area contributed by atoms with E-state index in [9.17, 15) is 5.11 Å². The minimum absolute atomic E-state index is 0.0154. The molecule has 0 radical (unpaired) electrons. The van der Waals surface area contributed by atoms with Crippen molar-refractivity contribution in [1.29, 1.82) is 0 Å². The van der Waals surface area contributed by atoms with Crippen molar-refractivity contribution in [2.24, 2.45) is 0 Å². The minimum atomic E-state index is -0.483. The second-order valence-electron chi connectivity index (χ2n) is 5.10. The summed E-state index contributed by atoms with van der Waals surface area (Å²) in [6.07, 6.45) is 1.33. The normalized spacial score (nSPS) is 14.3. The molecule has 2 N–H and O–H groups in total. The van der Waals surface area contributed by atoms with E-state index in [2.05, 4.69) is 45.7 Å². The lowest BCUT2D eigenvalue weighted by Crippen LogP contribution is -2.33. The number of hydrogen-bond donors (Lipinski definition) is 2. The molecule has 0 bridgehead atoms. The van der Waals surface area contributed by atoms with E-state index in [1.165, 1.54) is 22.3 Å². The van der Waals surface area contributed by atoms with Gasteiger partial charge in [0.05, 0.1) is 6.10 Å². The van der Waals surface area contributed by atoms with Gasteiger partial charge in [-0.3, -0.25) is 0 Å². The molecular weight excluding hydrogens is 222 g/mol. The maximum Gasteiger partial charge on any atom is 0.0945 e. The van der Waals surface area contributed by atoms with Crippen molar-refractivity contribution in [3.63, 3.8) is 0 Å². The van der Waals surface area contributed by atoms with E-state index >= 15 is 0 Å². The number of benzene rings is 1. The quantitative estimate of drug-likeness (QED) is 0.784.